The molecule has 0 fully saturated rings. The molecule has 0 unspecified atom stereocenters. The number of rotatable bonds is 2. The van der Waals surface area contributed by atoms with Gasteiger partial charge in [-0.15, -0.1) is 0 Å². The Hall–Kier alpha value is -1.29. The molecule has 0 spiro atoms. The van der Waals surface area contributed by atoms with Gasteiger partial charge < -0.3 is 10.8 Å². The van der Waals surface area contributed by atoms with Crippen LogP contribution >= 0.6 is 11.6 Å². The van der Waals surface area contributed by atoms with E-state index in [0.29, 0.717) is 17.8 Å². The van der Waals surface area contributed by atoms with Crippen LogP contribution in [0.1, 0.15) is 23.0 Å². The number of carbonyl (C=O) groups is 1. The van der Waals surface area contributed by atoms with Crippen LogP contribution in [0, 0.1) is 0 Å². The number of hydrogen-bond donors (Lipinski definition) is 2. The Bertz CT molecular complexity index is 352. The SMILES string of the molecule is CCc1nc(Cl)c(C(=O)O)cc1N. The summed E-state index contributed by atoms with van der Waals surface area (Å²) in [6.45, 7) is 1.87. The van der Waals surface area contributed by atoms with E-state index in [4.69, 9.17) is 22.4 Å². The Morgan fingerprint density at radius 2 is 2.38 bits per heavy atom. The molecule has 0 amide bonds. The van der Waals surface area contributed by atoms with E-state index in [1.54, 1.807) is 0 Å². The van der Waals surface area contributed by atoms with E-state index in [1.807, 2.05) is 6.92 Å². The number of aromatic nitrogens is 1. The van der Waals surface area contributed by atoms with Crippen molar-refractivity contribution >= 4 is 23.3 Å². The van der Waals surface area contributed by atoms with Gasteiger partial charge in [0, 0.05) is 0 Å². The van der Waals surface area contributed by atoms with Crippen molar-refractivity contribution in [2.75, 3.05) is 5.73 Å². The highest BCUT2D eigenvalue weighted by molar-refractivity contribution is 6.32. The lowest BCUT2D eigenvalue weighted by Crippen LogP contribution is -2.04. The minimum Gasteiger partial charge on any atom is -0.478 e. The Labute approximate surface area is 80.3 Å². The molecule has 13 heavy (non-hydrogen) atoms. The number of halogens is 1. The summed E-state index contributed by atoms with van der Waals surface area (Å²) in [5, 5.41) is 8.66. The molecule has 3 N–H and O–H groups in total. The number of pyridine rings is 1. The first-order chi connectivity index (χ1) is 6.06. The largest absolute Gasteiger partial charge is 0.478 e. The van der Waals surface area contributed by atoms with Crippen LogP contribution in [0.3, 0.4) is 0 Å². The highest BCUT2D eigenvalue weighted by Crippen LogP contribution is 2.19. The highest BCUT2D eigenvalue weighted by atomic mass is 35.5. The van der Waals surface area contributed by atoms with E-state index in [9.17, 15) is 4.79 Å². The fraction of sp³-hybridized carbons (Fsp3) is 0.250. The van der Waals surface area contributed by atoms with Crippen LogP contribution < -0.4 is 5.73 Å². The van der Waals surface area contributed by atoms with Gasteiger partial charge >= 0.3 is 5.97 Å². The first-order valence-electron chi connectivity index (χ1n) is 3.74. The normalized spacial score (nSPS) is 10.0. The average molecular weight is 201 g/mol. The van der Waals surface area contributed by atoms with Gasteiger partial charge in [0.1, 0.15) is 5.15 Å². The number of aromatic carboxylic acids is 1. The molecule has 0 aromatic carbocycles. The van der Waals surface area contributed by atoms with Crippen molar-refractivity contribution in [3.05, 3.63) is 22.5 Å². The first kappa shape index (κ1) is 9.80. The molecule has 1 aromatic rings. The van der Waals surface area contributed by atoms with Gasteiger partial charge in [0.25, 0.3) is 0 Å². The number of nitrogen functional groups attached to an aromatic ring is 1. The van der Waals surface area contributed by atoms with E-state index < -0.39 is 5.97 Å². The fourth-order valence-electron chi connectivity index (χ4n) is 0.975. The molecule has 0 aliphatic carbocycles. The van der Waals surface area contributed by atoms with E-state index in [2.05, 4.69) is 4.98 Å². The minimum absolute atomic E-state index is 0.0152. The third-order valence-electron chi connectivity index (χ3n) is 1.65. The lowest BCUT2D eigenvalue weighted by Gasteiger charge is -2.04. The van der Waals surface area contributed by atoms with Crippen LogP contribution in [0.15, 0.2) is 6.07 Å². The highest BCUT2D eigenvalue weighted by Gasteiger charge is 2.12. The van der Waals surface area contributed by atoms with Crippen LogP contribution in [0.4, 0.5) is 5.69 Å². The van der Waals surface area contributed by atoms with Crippen molar-refractivity contribution in [2.45, 2.75) is 13.3 Å². The summed E-state index contributed by atoms with van der Waals surface area (Å²) in [6.07, 6.45) is 0.630. The fourth-order valence-corrected chi connectivity index (χ4v) is 1.21. The molecule has 70 valence electrons. The molecule has 0 atom stereocenters. The molecule has 0 aliphatic heterocycles. The maximum atomic E-state index is 10.6. The van der Waals surface area contributed by atoms with Crippen molar-refractivity contribution in [3.8, 4) is 0 Å². The third-order valence-corrected chi connectivity index (χ3v) is 1.94. The average Bonchev–Trinajstić information content (AvgIpc) is 2.07. The predicted molar refractivity (Wildman–Crippen MR) is 50.0 cm³/mol. The van der Waals surface area contributed by atoms with E-state index in [-0.39, 0.29) is 10.7 Å². The molecule has 0 radical (unpaired) electrons. The summed E-state index contributed by atoms with van der Waals surface area (Å²) in [6, 6.07) is 1.33. The lowest BCUT2D eigenvalue weighted by atomic mass is 10.2. The summed E-state index contributed by atoms with van der Waals surface area (Å²) >= 11 is 5.63. The number of aryl methyl sites for hydroxylation is 1. The summed E-state index contributed by atoms with van der Waals surface area (Å²) in [7, 11) is 0. The number of nitrogens with zero attached hydrogens (tertiary/aromatic N) is 1. The van der Waals surface area contributed by atoms with Crippen LogP contribution in [-0.2, 0) is 6.42 Å². The second kappa shape index (κ2) is 3.62. The molecule has 1 rings (SSSR count). The van der Waals surface area contributed by atoms with Gasteiger partial charge in [-0.25, -0.2) is 9.78 Å². The maximum absolute atomic E-state index is 10.6. The van der Waals surface area contributed by atoms with Gasteiger partial charge in [-0.3, -0.25) is 0 Å². The standard InChI is InChI=1S/C8H9ClN2O2/c1-2-6-5(10)3-4(8(12)13)7(9)11-6/h3H,2,10H2,1H3,(H,12,13). The molecular formula is C8H9ClN2O2. The van der Waals surface area contributed by atoms with Gasteiger partial charge in [-0.05, 0) is 12.5 Å². The van der Waals surface area contributed by atoms with Gasteiger partial charge in [0.2, 0.25) is 0 Å². The smallest absolute Gasteiger partial charge is 0.338 e. The molecule has 0 saturated heterocycles. The molecule has 0 aliphatic rings. The number of nitrogens with two attached hydrogens (primary N) is 1. The second-order valence-corrected chi connectivity index (χ2v) is 2.88. The number of hydrogen-bond acceptors (Lipinski definition) is 3. The van der Waals surface area contributed by atoms with Crippen molar-refractivity contribution in [2.24, 2.45) is 0 Å². The van der Waals surface area contributed by atoms with Crippen molar-refractivity contribution in [1.29, 1.82) is 0 Å². The third kappa shape index (κ3) is 1.89. The Kier molecular flexibility index (Phi) is 2.72. The topological polar surface area (TPSA) is 76.2 Å². The van der Waals surface area contributed by atoms with Crippen LogP contribution in [0.2, 0.25) is 5.15 Å². The molecule has 5 heteroatoms. The molecule has 1 heterocycles. The molecule has 0 bridgehead atoms. The van der Waals surface area contributed by atoms with E-state index in [0.717, 1.165) is 0 Å². The zero-order chi connectivity index (χ0) is 10.0. The Balaban J connectivity index is 3.28. The van der Waals surface area contributed by atoms with E-state index in [1.165, 1.54) is 6.07 Å². The van der Waals surface area contributed by atoms with Gasteiger partial charge in [0.05, 0.1) is 16.9 Å². The zero-order valence-electron chi connectivity index (χ0n) is 7.04. The maximum Gasteiger partial charge on any atom is 0.338 e. The summed E-state index contributed by atoms with van der Waals surface area (Å²) in [4.78, 5) is 14.5. The summed E-state index contributed by atoms with van der Waals surface area (Å²) in [5.74, 6) is -1.12. The van der Waals surface area contributed by atoms with Gasteiger partial charge in [0.15, 0.2) is 0 Å². The number of anilines is 1. The second-order valence-electron chi connectivity index (χ2n) is 2.52. The monoisotopic (exact) mass is 200 g/mol. The Morgan fingerprint density at radius 1 is 1.77 bits per heavy atom. The van der Waals surface area contributed by atoms with Crippen molar-refractivity contribution < 1.29 is 9.90 Å². The summed E-state index contributed by atoms with van der Waals surface area (Å²) < 4.78 is 0. The number of carboxylic acid groups (broad SMARTS) is 1. The van der Waals surface area contributed by atoms with Gasteiger partial charge in [-0.1, -0.05) is 18.5 Å². The van der Waals surface area contributed by atoms with Crippen LogP contribution in [0.25, 0.3) is 0 Å². The lowest BCUT2D eigenvalue weighted by molar-refractivity contribution is 0.0696. The number of carboxylic acids is 1. The van der Waals surface area contributed by atoms with E-state index >= 15 is 0 Å². The van der Waals surface area contributed by atoms with Crippen molar-refractivity contribution in [1.82, 2.24) is 4.98 Å². The molecule has 1 aromatic heterocycles. The summed E-state index contributed by atoms with van der Waals surface area (Å²) in [5.41, 5.74) is 6.48. The van der Waals surface area contributed by atoms with Crippen molar-refractivity contribution in [3.63, 3.8) is 0 Å². The quantitative estimate of drug-likeness (QED) is 0.711. The van der Waals surface area contributed by atoms with Crippen LogP contribution in [-0.4, -0.2) is 16.1 Å². The molecule has 4 nitrogen and oxygen atoms in total. The molecular weight excluding hydrogens is 192 g/mol. The predicted octanol–water partition coefficient (Wildman–Crippen LogP) is 1.58. The minimum atomic E-state index is -1.12. The first-order valence-corrected chi connectivity index (χ1v) is 4.12. The Morgan fingerprint density at radius 3 is 2.85 bits per heavy atom. The molecule has 0 saturated carbocycles. The van der Waals surface area contributed by atoms with Crippen LogP contribution in [0.5, 0.6) is 0 Å². The zero-order valence-corrected chi connectivity index (χ0v) is 7.80. The van der Waals surface area contributed by atoms with Gasteiger partial charge in [-0.2, -0.15) is 0 Å².